The lowest BCUT2D eigenvalue weighted by Gasteiger charge is -2.32. The Labute approximate surface area is 181 Å². The standard InChI is InChI=1S/C23H32BrN3O2/c1-13-10-14(2)26-23(29)19(13)12-25-22(28)18-11-20(24)16(4)21(15(18)3)27(5)17-8-6-7-9-17/h10-11,17,22,25,28H,6-9,12H2,1-5H3,(H,26,29). The average molecular weight is 462 g/mol. The molecule has 0 spiro atoms. The van der Waals surface area contributed by atoms with Crippen LogP contribution in [-0.2, 0) is 6.54 Å². The van der Waals surface area contributed by atoms with Crippen LogP contribution in [0.15, 0.2) is 21.4 Å². The Kier molecular flexibility index (Phi) is 6.87. The van der Waals surface area contributed by atoms with E-state index in [-0.39, 0.29) is 5.56 Å². The Hall–Kier alpha value is -1.63. The van der Waals surface area contributed by atoms with Crippen LogP contribution in [0.1, 0.15) is 65.4 Å². The van der Waals surface area contributed by atoms with Crippen molar-refractivity contribution in [2.75, 3.05) is 11.9 Å². The third kappa shape index (κ3) is 4.60. The minimum atomic E-state index is -0.859. The van der Waals surface area contributed by atoms with Gasteiger partial charge in [0.1, 0.15) is 6.23 Å². The van der Waals surface area contributed by atoms with Gasteiger partial charge in [-0.15, -0.1) is 0 Å². The van der Waals surface area contributed by atoms with E-state index in [1.807, 2.05) is 26.0 Å². The van der Waals surface area contributed by atoms with Crippen LogP contribution < -0.4 is 15.8 Å². The first-order chi connectivity index (χ1) is 13.7. The summed E-state index contributed by atoms with van der Waals surface area (Å²) in [4.78, 5) is 17.5. The lowest BCUT2D eigenvalue weighted by atomic mass is 9.99. The van der Waals surface area contributed by atoms with E-state index in [9.17, 15) is 9.90 Å². The van der Waals surface area contributed by atoms with E-state index >= 15 is 0 Å². The maximum atomic E-state index is 12.3. The second kappa shape index (κ2) is 9.02. The van der Waals surface area contributed by atoms with Gasteiger partial charge in [0.05, 0.1) is 0 Å². The van der Waals surface area contributed by atoms with Crippen molar-refractivity contribution in [1.82, 2.24) is 10.3 Å². The molecule has 0 saturated heterocycles. The number of pyridine rings is 1. The van der Waals surface area contributed by atoms with Crippen LogP contribution in [-0.4, -0.2) is 23.2 Å². The summed E-state index contributed by atoms with van der Waals surface area (Å²) in [6.07, 6.45) is 4.13. The number of hydrogen-bond donors (Lipinski definition) is 3. The minimum Gasteiger partial charge on any atom is -0.374 e. The van der Waals surface area contributed by atoms with Gasteiger partial charge in [0.15, 0.2) is 0 Å². The molecule has 158 valence electrons. The number of benzene rings is 1. The van der Waals surface area contributed by atoms with Gasteiger partial charge >= 0.3 is 0 Å². The molecule has 0 amide bonds. The molecule has 0 bridgehead atoms. The zero-order valence-electron chi connectivity index (χ0n) is 18.0. The number of rotatable bonds is 6. The zero-order chi connectivity index (χ0) is 21.3. The molecule has 1 fully saturated rings. The number of aromatic amines is 1. The van der Waals surface area contributed by atoms with Crippen LogP contribution in [0.5, 0.6) is 0 Å². The molecule has 0 radical (unpaired) electrons. The number of nitrogens with one attached hydrogen (secondary N) is 2. The second-order valence-electron chi connectivity index (χ2n) is 8.32. The summed E-state index contributed by atoms with van der Waals surface area (Å²) in [6, 6.07) is 4.49. The predicted molar refractivity (Wildman–Crippen MR) is 123 cm³/mol. The van der Waals surface area contributed by atoms with Crippen molar-refractivity contribution in [2.24, 2.45) is 0 Å². The van der Waals surface area contributed by atoms with E-state index in [2.05, 4.69) is 52.0 Å². The number of nitrogens with zero attached hydrogens (tertiary/aromatic N) is 1. The first-order valence-electron chi connectivity index (χ1n) is 10.3. The molecule has 1 aromatic heterocycles. The van der Waals surface area contributed by atoms with Gasteiger partial charge in [0.2, 0.25) is 0 Å². The first kappa shape index (κ1) is 22.1. The van der Waals surface area contributed by atoms with Crippen LogP contribution in [0, 0.1) is 27.7 Å². The fourth-order valence-electron chi connectivity index (χ4n) is 4.58. The molecule has 6 heteroatoms. The van der Waals surface area contributed by atoms with E-state index < -0.39 is 6.23 Å². The number of aromatic nitrogens is 1. The van der Waals surface area contributed by atoms with Crippen LogP contribution in [0.25, 0.3) is 0 Å². The molecule has 1 aliphatic carbocycles. The maximum Gasteiger partial charge on any atom is 0.252 e. The predicted octanol–water partition coefficient (Wildman–Crippen LogP) is 4.53. The summed E-state index contributed by atoms with van der Waals surface area (Å²) >= 11 is 3.68. The maximum absolute atomic E-state index is 12.3. The third-order valence-corrected chi connectivity index (χ3v) is 7.09. The van der Waals surface area contributed by atoms with Gasteiger partial charge in [-0.25, -0.2) is 0 Å². The fraction of sp³-hybridized carbons (Fsp3) is 0.522. The van der Waals surface area contributed by atoms with Gasteiger partial charge in [0.25, 0.3) is 5.56 Å². The number of anilines is 1. The van der Waals surface area contributed by atoms with Gasteiger partial charge in [-0.1, -0.05) is 28.8 Å². The van der Waals surface area contributed by atoms with Crippen molar-refractivity contribution >= 4 is 21.6 Å². The van der Waals surface area contributed by atoms with Crippen LogP contribution in [0.2, 0.25) is 0 Å². The van der Waals surface area contributed by atoms with Crippen LogP contribution in [0.4, 0.5) is 5.69 Å². The van der Waals surface area contributed by atoms with E-state index in [4.69, 9.17) is 0 Å². The highest BCUT2D eigenvalue weighted by Crippen LogP contribution is 2.38. The van der Waals surface area contributed by atoms with E-state index in [1.165, 1.54) is 36.9 Å². The summed E-state index contributed by atoms with van der Waals surface area (Å²) in [5, 5.41) is 14.1. The molecule has 1 aliphatic rings. The summed E-state index contributed by atoms with van der Waals surface area (Å²) in [5.41, 5.74) is 6.61. The monoisotopic (exact) mass is 461 g/mol. The largest absolute Gasteiger partial charge is 0.374 e. The van der Waals surface area contributed by atoms with Crippen molar-refractivity contribution in [3.8, 4) is 0 Å². The summed E-state index contributed by atoms with van der Waals surface area (Å²) in [6.45, 7) is 8.30. The number of aliphatic hydroxyl groups is 1. The zero-order valence-corrected chi connectivity index (χ0v) is 19.6. The van der Waals surface area contributed by atoms with Gasteiger partial charge < -0.3 is 15.0 Å². The Morgan fingerprint density at radius 3 is 2.48 bits per heavy atom. The van der Waals surface area contributed by atoms with Crippen LogP contribution in [0.3, 0.4) is 0 Å². The second-order valence-corrected chi connectivity index (χ2v) is 9.18. The minimum absolute atomic E-state index is 0.106. The molecule has 1 aromatic carbocycles. The quantitative estimate of drug-likeness (QED) is 0.552. The molecule has 5 nitrogen and oxygen atoms in total. The molecule has 1 unspecified atom stereocenters. The number of halogens is 1. The van der Waals surface area contributed by atoms with E-state index in [0.717, 1.165) is 26.9 Å². The van der Waals surface area contributed by atoms with Gasteiger partial charge in [-0.05, 0) is 69.4 Å². The van der Waals surface area contributed by atoms with Gasteiger partial charge in [0, 0.05) is 46.6 Å². The fourth-order valence-corrected chi connectivity index (χ4v) is 5.02. The van der Waals surface area contributed by atoms with Crippen LogP contribution >= 0.6 is 15.9 Å². The van der Waals surface area contributed by atoms with Crippen molar-refractivity contribution in [3.63, 3.8) is 0 Å². The topological polar surface area (TPSA) is 68.4 Å². The normalized spacial score (nSPS) is 15.7. The summed E-state index contributed by atoms with van der Waals surface area (Å²) in [7, 11) is 2.16. The molecule has 1 saturated carbocycles. The summed E-state index contributed by atoms with van der Waals surface area (Å²) < 4.78 is 0.989. The third-order valence-electron chi connectivity index (χ3n) is 6.27. The molecule has 0 aliphatic heterocycles. The highest BCUT2D eigenvalue weighted by molar-refractivity contribution is 9.10. The number of aliphatic hydroxyl groups excluding tert-OH is 1. The molecular formula is C23H32BrN3O2. The molecule has 1 heterocycles. The lowest BCUT2D eigenvalue weighted by Crippen LogP contribution is -2.31. The Morgan fingerprint density at radius 2 is 1.86 bits per heavy atom. The molecule has 29 heavy (non-hydrogen) atoms. The summed E-state index contributed by atoms with van der Waals surface area (Å²) in [5.74, 6) is 0. The highest BCUT2D eigenvalue weighted by atomic mass is 79.9. The first-order valence-corrected chi connectivity index (χ1v) is 11.1. The van der Waals surface area contributed by atoms with Crippen molar-refractivity contribution in [1.29, 1.82) is 0 Å². The van der Waals surface area contributed by atoms with Gasteiger partial charge in [-0.2, -0.15) is 0 Å². The smallest absolute Gasteiger partial charge is 0.252 e. The number of aryl methyl sites for hydroxylation is 2. The molecule has 1 atom stereocenters. The van der Waals surface area contributed by atoms with Crippen molar-refractivity contribution in [2.45, 2.75) is 72.2 Å². The highest BCUT2D eigenvalue weighted by Gasteiger charge is 2.25. The van der Waals surface area contributed by atoms with Crippen molar-refractivity contribution in [3.05, 3.63) is 60.5 Å². The lowest BCUT2D eigenvalue weighted by molar-refractivity contribution is 0.136. The molecule has 3 N–H and O–H groups in total. The SMILES string of the molecule is Cc1cc(C)c(CNC(O)c2cc(Br)c(C)c(N(C)C3CCCC3)c2C)c(=O)[nH]1. The van der Waals surface area contributed by atoms with E-state index in [0.29, 0.717) is 18.2 Å². The molecule has 2 aromatic rings. The van der Waals surface area contributed by atoms with Gasteiger partial charge in [-0.3, -0.25) is 10.1 Å². The Bertz CT molecular complexity index is 948. The molecule has 3 rings (SSSR count). The number of hydrogen-bond acceptors (Lipinski definition) is 4. The molecular weight excluding hydrogens is 430 g/mol. The number of H-pyrrole nitrogens is 1. The van der Waals surface area contributed by atoms with Crippen molar-refractivity contribution < 1.29 is 5.11 Å². The Balaban J connectivity index is 1.87. The average Bonchev–Trinajstić information content (AvgIpc) is 3.18. The Morgan fingerprint density at radius 1 is 1.21 bits per heavy atom. The van der Waals surface area contributed by atoms with E-state index in [1.54, 1.807) is 0 Å².